The van der Waals surface area contributed by atoms with Crippen molar-refractivity contribution in [2.24, 2.45) is 0 Å². The minimum Gasteiger partial charge on any atom is -0.299 e. The Morgan fingerprint density at radius 3 is 2.85 bits per heavy atom. The zero-order valence-electron chi connectivity index (χ0n) is 8.51. The molecule has 3 unspecified atom stereocenters. The molecule has 1 spiro atoms. The molecule has 1 N–H and O–H groups in total. The number of rotatable bonds is 0. The summed E-state index contributed by atoms with van der Waals surface area (Å²) >= 11 is 4.31. The molecule has 0 bridgehead atoms. The second-order valence-electron chi connectivity index (χ2n) is 4.19. The lowest BCUT2D eigenvalue weighted by molar-refractivity contribution is 0.356. The van der Waals surface area contributed by atoms with Gasteiger partial charge in [-0.1, -0.05) is 6.92 Å². The van der Waals surface area contributed by atoms with Crippen LogP contribution in [-0.2, 0) is 0 Å². The fourth-order valence-electron chi connectivity index (χ4n) is 2.26. The second kappa shape index (κ2) is 4.03. The standard InChI is InChI=1S/C10H19NS2/c1-8-4-7-13-10(11-8)5-3-6-12-9(10)2/h8-9,11H,3-7H2,1-2H3. The van der Waals surface area contributed by atoms with Crippen molar-refractivity contribution in [3.05, 3.63) is 0 Å². The zero-order chi connectivity index (χ0) is 9.31. The summed E-state index contributed by atoms with van der Waals surface area (Å²) in [5.41, 5.74) is 0. The Labute approximate surface area is 89.8 Å². The van der Waals surface area contributed by atoms with E-state index >= 15 is 0 Å². The van der Waals surface area contributed by atoms with E-state index in [0.717, 1.165) is 11.3 Å². The second-order valence-corrected chi connectivity index (χ2v) is 7.06. The molecule has 2 aliphatic heterocycles. The van der Waals surface area contributed by atoms with E-state index in [4.69, 9.17) is 0 Å². The van der Waals surface area contributed by atoms with Crippen LogP contribution in [0.5, 0.6) is 0 Å². The van der Waals surface area contributed by atoms with Gasteiger partial charge in [0.15, 0.2) is 0 Å². The van der Waals surface area contributed by atoms with E-state index < -0.39 is 0 Å². The Balaban J connectivity index is 2.07. The Morgan fingerprint density at radius 1 is 1.31 bits per heavy atom. The maximum Gasteiger partial charge on any atom is 0.0764 e. The fraction of sp³-hybridized carbons (Fsp3) is 1.00. The molecule has 1 nitrogen and oxygen atoms in total. The molecule has 0 aromatic carbocycles. The molecular formula is C10H19NS2. The van der Waals surface area contributed by atoms with Crippen molar-refractivity contribution in [2.75, 3.05) is 11.5 Å². The third-order valence-electron chi connectivity index (χ3n) is 3.12. The monoisotopic (exact) mass is 217 g/mol. The van der Waals surface area contributed by atoms with Crippen LogP contribution in [0.2, 0.25) is 0 Å². The molecule has 2 saturated heterocycles. The first-order chi connectivity index (χ1) is 6.23. The molecule has 3 heteroatoms. The topological polar surface area (TPSA) is 12.0 Å². The van der Waals surface area contributed by atoms with E-state index in [1.165, 1.54) is 30.8 Å². The Bertz CT molecular complexity index is 182. The zero-order valence-corrected chi connectivity index (χ0v) is 10.1. The van der Waals surface area contributed by atoms with Crippen molar-refractivity contribution in [3.63, 3.8) is 0 Å². The Morgan fingerprint density at radius 2 is 2.15 bits per heavy atom. The summed E-state index contributed by atoms with van der Waals surface area (Å²) in [6, 6.07) is 0.724. The average molecular weight is 217 g/mol. The SMILES string of the molecule is CC1CCSC2(CCCSC2C)N1. The van der Waals surface area contributed by atoms with Gasteiger partial charge in [-0.3, -0.25) is 5.32 Å². The third kappa shape index (κ3) is 2.02. The van der Waals surface area contributed by atoms with Gasteiger partial charge in [-0.2, -0.15) is 11.8 Å². The van der Waals surface area contributed by atoms with Crippen LogP contribution in [0.1, 0.15) is 33.1 Å². The molecule has 0 saturated carbocycles. The summed E-state index contributed by atoms with van der Waals surface area (Å²) in [6.07, 6.45) is 4.10. The van der Waals surface area contributed by atoms with Gasteiger partial charge in [0, 0.05) is 11.3 Å². The average Bonchev–Trinajstić information content (AvgIpc) is 2.11. The van der Waals surface area contributed by atoms with E-state index in [1.54, 1.807) is 0 Å². The van der Waals surface area contributed by atoms with Gasteiger partial charge in [0.25, 0.3) is 0 Å². The van der Waals surface area contributed by atoms with Crippen LogP contribution >= 0.6 is 23.5 Å². The highest BCUT2D eigenvalue weighted by Gasteiger charge is 2.41. The van der Waals surface area contributed by atoms with Crippen LogP contribution in [0, 0.1) is 0 Å². The minimum atomic E-state index is 0.417. The van der Waals surface area contributed by atoms with Gasteiger partial charge in [0.2, 0.25) is 0 Å². The molecule has 0 aliphatic carbocycles. The lowest BCUT2D eigenvalue weighted by Gasteiger charge is -2.47. The predicted octanol–water partition coefficient (Wildman–Crippen LogP) is 2.71. The summed E-state index contributed by atoms with van der Waals surface area (Å²) in [5, 5.41) is 4.61. The van der Waals surface area contributed by atoms with E-state index in [0.29, 0.717) is 4.87 Å². The van der Waals surface area contributed by atoms with Gasteiger partial charge >= 0.3 is 0 Å². The van der Waals surface area contributed by atoms with Crippen LogP contribution in [0.4, 0.5) is 0 Å². The van der Waals surface area contributed by atoms with Crippen molar-refractivity contribution in [1.29, 1.82) is 0 Å². The van der Waals surface area contributed by atoms with E-state index in [1.807, 2.05) is 0 Å². The van der Waals surface area contributed by atoms with Crippen LogP contribution in [0.25, 0.3) is 0 Å². The summed E-state index contributed by atoms with van der Waals surface area (Å²) in [6.45, 7) is 4.72. The highest BCUT2D eigenvalue weighted by Crippen LogP contribution is 2.44. The molecule has 2 heterocycles. The van der Waals surface area contributed by atoms with Gasteiger partial charge in [-0.15, -0.1) is 11.8 Å². The molecule has 0 aromatic heterocycles. The third-order valence-corrected chi connectivity index (χ3v) is 6.32. The largest absolute Gasteiger partial charge is 0.299 e. The number of thioether (sulfide) groups is 2. The van der Waals surface area contributed by atoms with Crippen LogP contribution < -0.4 is 5.32 Å². The number of hydrogen-bond donors (Lipinski definition) is 1. The van der Waals surface area contributed by atoms with E-state index in [-0.39, 0.29) is 0 Å². The van der Waals surface area contributed by atoms with Gasteiger partial charge in [0.1, 0.15) is 0 Å². The first kappa shape index (κ1) is 10.2. The number of hydrogen-bond acceptors (Lipinski definition) is 3. The van der Waals surface area contributed by atoms with E-state index in [2.05, 4.69) is 42.7 Å². The maximum absolute atomic E-state index is 3.82. The van der Waals surface area contributed by atoms with Crippen molar-refractivity contribution >= 4 is 23.5 Å². The first-order valence-corrected chi connectivity index (χ1v) is 7.30. The lowest BCUT2D eigenvalue weighted by Crippen LogP contribution is -2.57. The molecule has 76 valence electrons. The maximum atomic E-state index is 3.82. The quantitative estimate of drug-likeness (QED) is 0.670. The molecule has 3 atom stereocenters. The highest BCUT2D eigenvalue weighted by atomic mass is 32.2. The Hall–Kier alpha value is 0.660. The number of nitrogens with one attached hydrogen (secondary N) is 1. The molecule has 13 heavy (non-hydrogen) atoms. The summed E-state index contributed by atoms with van der Waals surface area (Å²) < 4.78 is 0. The van der Waals surface area contributed by atoms with Gasteiger partial charge in [-0.05, 0) is 37.7 Å². The van der Waals surface area contributed by atoms with Crippen LogP contribution in [0.3, 0.4) is 0 Å². The molecule has 2 aliphatic rings. The highest BCUT2D eigenvalue weighted by molar-refractivity contribution is 8.04. The van der Waals surface area contributed by atoms with Gasteiger partial charge < -0.3 is 0 Å². The van der Waals surface area contributed by atoms with Crippen molar-refractivity contribution < 1.29 is 0 Å². The van der Waals surface area contributed by atoms with Crippen molar-refractivity contribution in [1.82, 2.24) is 5.32 Å². The molecule has 0 radical (unpaired) electrons. The first-order valence-electron chi connectivity index (χ1n) is 5.26. The van der Waals surface area contributed by atoms with Crippen molar-refractivity contribution in [2.45, 2.75) is 49.3 Å². The molecular weight excluding hydrogens is 198 g/mol. The van der Waals surface area contributed by atoms with Crippen LogP contribution in [-0.4, -0.2) is 27.7 Å². The summed E-state index contributed by atoms with van der Waals surface area (Å²) in [7, 11) is 0. The smallest absolute Gasteiger partial charge is 0.0764 e. The van der Waals surface area contributed by atoms with E-state index in [9.17, 15) is 0 Å². The van der Waals surface area contributed by atoms with Gasteiger partial charge in [0.05, 0.1) is 4.87 Å². The normalized spacial score (nSPS) is 46.6. The molecule has 0 aromatic rings. The predicted molar refractivity (Wildman–Crippen MR) is 63.6 cm³/mol. The van der Waals surface area contributed by atoms with Crippen molar-refractivity contribution in [3.8, 4) is 0 Å². The minimum absolute atomic E-state index is 0.417. The lowest BCUT2D eigenvalue weighted by atomic mass is 10.1. The van der Waals surface area contributed by atoms with Crippen LogP contribution in [0.15, 0.2) is 0 Å². The summed E-state index contributed by atoms with van der Waals surface area (Å²) in [5.74, 6) is 2.71. The summed E-state index contributed by atoms with van der Waals surface area (Å²) in [4.78, 5) is 0.417. The molecule has 0 amide bonds. The molecule has 2 fully saturated rings. The Kier molecular flexibility index (Phi) is 3.16. The molecule has 2 rings (SSSR count). The van der Waals surface area contributed by atoms with Gasteiger partial charge in [-0.25, -0.2) is 0 Å². The fourth-order valence-corrected chi connectivity index (χ4v) is 5.43.